The van der Waals surface area contributed by atoms with E-state index in [1.54, 1.807) is 42.5 Å². The van der Waals surface area contributed by atoms with Crippen LogP contribution in [0.4, 0.5) is 0 Å². The van der Waals surface area contributed by atoms with Gasteiger partial charge in [-0.05, 0) is 86.1 Å². The quantitative estimate of drug-likeness (QED) is 0.164. The number of halogens is 4. The van der Waals surface area contributed by atoms with Gasteiger partial charge in [0.25, 0.3) is 5.91 Å². The lowest BCUT2D eigenvalue weighted by atomic mass is 10.2. The molecule has 0 aliphatic carbocycles. The largest absolute Gasteiger partial charge is 0.506 e. The summed E-state index contributed by atoms with van der Waals surface area (Å²) in [5.41, 5.74) is 0.904. The maximum Gasteiger partial charge on any atom is 0.267 e. The minimum atomic E-state index is -0.307. The molecule has 12 heteroatoms. The van der Waals surface area contributed by atoms with Crippen LogP contribution in [0.3, 0.4) is 0 Å². The van der Waals surface area contributed by atoms with Crippen molar-refractivity contribution in [1.29, 1.82) is 0 Å². The first-order chi connectivity index (χ1) is 16.2. The third kappa shape index (κ3) is 5.68. The fourth-order valence-electron chi connectivity index (χ4n) is 2.94. The van der Waals surface area contributed by atoms with Crippen LogP contribution in [0.15, 0.2) is 80.1 Å². The molecule has 1 amide bonds. The summed E-state index contributed by atoms with van der Waals surface area (Å²) >= 11 is 14.5. The summed E-state index contributed by atoms with van der Waals surface area (Å²) in [5.74, 6) is 0.305. The lowest BCUT2D eigenvalue weighted by Gasteiger charge is -2.12. The number of amides is 1. The Bertz CT molecular complexity index is 1360. The number of amidine groups is 1. The predicted octanol–water partition coefficient (Wildman–Crippen LogP) is 7.25. The number of benzene rings is 2. The van der Waals surface area contributed by atoms with Crippen LogP contribution >= 0.6 is 75.5 Å². The average molecular weight is 735 g/mol. The zero-order valence-corrected chi connectivity index (χ0v) is 24.0. The Hall–Kier alpha value is -1.86. The van der Waals surface area contributed by atoms with Gasteiger partial charge in [-0.3, -0.25) is 9.69 Å². The van der Waals surface area contributed by atoms with Crippen molar-refractivity contribution in [2.75, 3.05) is 0 Å². The number of hydrogen-bond acceptors (Lipinski definition) is 7. The summed E-state index contributed by atoms with van der Waals surface area (Å²) in [4.78, 5) is 15.0. The summed E-state index contributed by atoms with van der Waals surface area (Å²) in [5, 5.41) is 29.3. The van der Waals surface area contributed by atoms with Gasteiger partial charge in [0.05, 0.1) is 32.9 Å². The van der Waals surface area contributed by atoms with E-state index in [2.05, 4.69) is 73.9 Å². The average Bonchev–Trinajstić information content (AvgIpc) is 3.39. The second-order valence-electron chi connectivity index (χ2n) is 6.86. The summed E-state index contributed by atoms with van der Waals surface area (Å²) in [6.45, 7) is 0.159. The van der Waals surface area contributed by atoms with Crippen molar-refractivity contribution < 1.29 is 19.4 Å². The number of furan rings is 1. The van der Waals surface area contributed by atoms with E-state index >= 15 is 0 Å². The minimum Gasteiger partial charge on any atom is -0.506 e. The molecular weight excluding hydrogens is 722 g/mol. The Balaban J connectivity index is 1.69. The highest BCUT2D eigenvalue weighted by atomic mass is 79.9. The molecule has 174 valence electrons. The lowest BCUT2D eigenvalue weighted by molar-refractivity contribution is -0.122. The number of carbonyl (C=O) groups excluding carboxylic acids is 1. The molecule has 0 saturated carbocycles. The molecule has 0 atom stereocenters. The van der Waals surface area contributed by atoms with E-state index in [1.807, 2.05) is 0 Å². The van der Waals surface area contributed by atoms with E-state index < -0.39 is 0 Å². The number of phenols is 2. The zero-order valence-electron chi connectivity index (χ0n) is 16.9. The van der Waals surface area contributed by atoms with E-state index in [1.165, 1.54) is 17.4 Å². The molecule has 2 N–H and O–H groups in total. The van der Waals surface area contributed by atoms with Crippen molar-refractivity contribution in [3.05, 3.63) is 82.3 Å². The smallest absolute Gasteiger partial charge is 0.267 e. The molecule has 0 spiro atoms. The highest BCUT2D eigenvalue weighted by molar-refractivity contribution is 9.11. The highest BCUT2D eigenvalue weighted by Crippen LogP contribution is 2.38. The maximum absolute atomic E-state index is 13.2. The second kappa shape index (κ2) is 10.8. The van der Waals surface area contributed by atoms with E-state index in [9.17, 15) is 15.0 Å². The second-order valence-corrected chi connectivity index (χ2v) is 11.4. The Labute approximate surface area is 232 Å². The summed E-state index contributed by atoms with van der Waals surface area (Å²) in [7, 11) is 0. The molecule has 0 radical (unpaired) electrons. The van der Waals surface area contributed by atoms with E-state index in [0.717, 1.165) is 20.7 Å². The van der Waals surface area contributed by atoms with Gasteiger partial charge in [0, 0.05) is 20.1 Å². The van der Waals surface area contributed by atoms with Crippen LogP contribution < -0.4 is 0 Å². The van der Waals surface area contributed by atoms with Crippen LogP contribution in [0, 0.1) is 0 Å². The van der Waals surface area contributed by atoms with Gasteiger partial charge >= 0.3 is 0 Å². The number of thioether (sulfide) groups is 1. The molecule has 2 heterocycles. The van der Waals surface area contributed by atoms with Crippen molar-refractivity contribution in [3.63, 3.8) is 0 Å². The van der Waals surface area contributed by atoms with Gasteiger partial charge in [-0.2, -0.15) is 5.10 Å². The topological polar surface area (TPSA) is 98.6 Å². The van der Waals surface area contributed by atoms with E-state index in [-0.39, 0.29) is 24.0 Å². The number of hydrogen-bond donors (Lipinski definition) is 2. The fourth-order valence-corrected chi connectivity index (χ4v) is 6.38. The maximum atomic E-state index is 13.2. The van der Waals surface area contributed by atoms with Crippen molar-refractivity contribution in [3.8, 4) is 11.5 Å². The number of aromatic hydroxyl groups is 2. The van der Waals surface area contributed by atoms with Gasteiger partial charge in [0.15, 0.2) is 5.17 Å². The zero-order chi connectivity index (χ0) is 24.4. The van der Waals surface area contributed by atoms with Gasteiger partial charge in [-0.1, -0.05) is 31.9 Å². The first-order valence-electron chi connectivity index (χ1n) is 9.43. The molecule has 1 aliphatic heterocycles. The Morgan fingerprint density at radius 1 is 1.00 bits per heavy atom. The van der Waals surface area contributed by atoms with Crippen molar-refractivity contribution in [1.82, 2.24) is 4.90 Å². The van der Waals surface area contributed by atoms with Crippen LogP contribution in [0.1, 0.15) is 16.9 Å². The molecule has 4 rings (SSSR count). The molecule has 7 nitrogen and oxygen atoms in total. The molecule has 0 bridgehead atoms. The van der Waals surface area contributed by atoms with Gasteiger partial charge in [-0.25, -0.2) is 0 Å². The molecule has 1 aromatic heterocycles. The molecular formula is C22H13Br4N3O4S. The van der Waals surface area contributed by atoms with Crippen LogP contribution in [0.5, 0.6) is 11.5 Å². The van der Waals surface area contributed by atoms with Gasteiger partial charge in [0.1, 0.15) is 17.3 Å². The van der Waals surface area contributed by atoms with E-state index in [4.69, 9.17) is 4.42 Å². The molecule has 0 unspecified atom stereocenters. The summed E-state index contributed by atoms with van der Waals surface area (Å²) in [6, 6.07) is 10.3. The highest BCUT2D eigenvalue weighted by Gasteiger charge is 2.34. The van der Waals surface area contributed by atoms with Crippen molar-refractivity contribution >= 4 is 98.8 Å². The summed E-state index contributed by atoms with van der Waals surface area (Å²) < 4.78 is 7.89. The van der Waals surface area contributed by atoms with Crippen LogP contribution in [-0.4, -0.2) is 32.4 Å². The first kappa shape index (κ1) is 25.2. The van der Waals surface area contributed by atoms with Gasteiger partial charge in [-0.15, -0.1) is 5.10 Å². The first-order valence-corrected chi connectivity index (χ1v) is 13.4. The molecule has 2 aromatic carbocycles. The third-order valence-corrected chi connectivity index (χ3v) is 7.65. The van der Waals surface area contributed by atoms with Crippen LogP contribution in [-0.2, 0) is 11.3 Å². The Kier molecular flexibility index (Phi) is 8.03. The molecule has 1 aliphatic rings. The van der Waals surface area contributed by atoms with Crippen LogP contribution in [0.2, 0.25) is 0 Å². The molecule has 1 fully saturated rings. The Morgan fingerprint density at radius 2 is 1.65 bits per heavy atom. The third-order valence-electron chi connectivity index (χ3n) is 4.52. The number of carbonyl (C=O) groups is 1. The van der Waals surface area contributed by atoms with Crippen molar-refractivity contribution in [2.45, 2.75) is 6.54 Å². The van der Waals surface area contributed by atoms with Crippen LogP contribution in [0.25, 0.3) is 6.08 Å². The normalized spacial score (nSPS) is 16.5. The number of phenolic OH excluding ortho intramolecular Hbond substituents is 2. The van der Waals surface area contributed by atoms with Gasteiger partial charge in [0.2, 0.25) is 0 Å². The van der Waals surface area contributed by atoms with Crippen molar-refractivity contribution in [2.24, 2.45) is 10.2 Å². The monoisotopic (exact) mass is 731 g/mol. The fraction of sp³-hybridized carbons (Fsp3) is 0.0455. The van der Waals surface area contributed by atoms with E-state index in [0.29, 0.717) is 35.9 Å². The Morgan fingerprint density at radius 3 is 2.29 bits per heavy atom. The SMILES string of the molecule is O=C1/C(=C/c2cc(Br)cc(Br)c2O)S/C(=N/N=C\c2cc(Br)cc(Br)c2O)N1Cc1ccco1. The lowest BCUT2D eigenvalue weighted by Crippen LogP contribution is -2.28. The standard InChI is InChI=1S/C22H13Br4N3O4S/c23-13-4-11(19(30)16(25)7-13)6-18-21(32)29(10-15-2-1-3-33-15)22(34-18)28-27-9-12-5-14(24)8-17(26)20(12)31/h1-9,30-31H,10H2/b18-6-,27-9-,28-22+. The predicted molar refractivity (Wildman–Crippen MR) is 147 cm³/mol. The molecule has 1 saturated heterocycles. The minimum absolute atomic E-state index is 0.0146. The van der Waals surface area contributed by atoms with Gasteiger partial charge < -0.3 is 14.6 Å². The number of rotatable bonds is 5. The molecule has 34 heavy (non-hydrogen) atoms. The summed E-state index contributed by atoms with van der Waals surface area (Å²) in [6.07, 6.45) is 4.52. The molecule has 3 aromatic rings. The number of nitrogens with zero attached hydrogens (tertiary/aromatic N) is 3.